The first-order chi connectivity index (χ1) is 18.9. The number of aromatic amines is 1. The summed E-state index contributed by atoms with van der Waals surface area (Å²) in [6, 6.07) is 13.3. The van der Waals surface area contributed by atoms with Gasteiger partial charge in [-0.05, 0) is 61.2 Å². The zero-order valence-corrected chi connectivity index (χ0v) is 23.1. The molecule has 4 N–H and O–H groups in total. The monoisotopic (exact) mass is 572 g/mol. The summed E-state index contributed by atoms with van der Waals surface area (Å²) in [6.07, 6.45) is 0.351. The molecule has 13 heteroatoms. The predicted molar refractivity (Wildman–Crippen MR) is 147 cm³/mol. The van der Waals surface area contributed by atoms with Crippen LogP contribution in [0.2, 0.25) is 0 Å². The molecule has 0 saturated heterocycles. The molecule has 10 nitrogen and oxygen atoms in total. The number of ether oxygens (including phenoxy) is 2. The molecule has 2 aromatic carbocycles. The number of primary amides is 1. The second-order valence-electron chi connectivity index (χ2n) is 10.3. The van der Waals surface area contributed by atoms with E-state index in [1.165, 1.54) is 22.7 Å². The number of para-hydroxylation sites is 2. The number of nitrogens with one attached hydrogen (secondary N) is 2. The third-order valence-corrected chi connectivity index (χ3v) is 7.01. The summed E-state index contributed by atoms with van der Waals surface area (Å²) in [6.45, 7) is 2.72. The van der Waals surface area contributed by atoms with Gasteiger partial charge in [0, 0.05) is 5.39 Å². The van der Waals surface area contributed by atoms with E-state index < -0.39 is 29.6 Å². The third-order valence-electron chi connectivity index (χ3n) is 6.74. The Morgan fingerprint density at radius 3 is 2.52 bits per heavy atom. The third kappa shape index (κ3) is 5.88. The van der Waals surface area contributed by atoms with E-state index in [4.69, 9.17) is 32.8 Å². The van der Waals surface area contributed by atoms with Crippen LogP contribution in [-0.4, -0.2) is 44.8 Å². The highest BCUT2D eigenvalue weighted by molar-refractivity contribution is 7.71. The molecule has 1 unspecified atom stereocenters. The lowest BCUT2D eigenvalue weighted by molar-refractivity contribution is -0.0502. The van der Waals surface area contributed by atoms with Crippen molar-refractivity contribution < 1.29 is 27.8 Å². The van der Waals surface area contributed by atoms with Gasteiger partial charge in [-0.25, -0.2) is 9.78 Å². The van der Waals surface area contributed by atoms with Gasteiger partial charge >= 0.3 is 12.7 Å². The molecule has 0 bridgehead atoms. The lowest BCUT2D eigenvalue weighted by Gasteiger charge is -2.43. The molecule has 0 radical (unpaired) electrons. The summed E-state index contributed by atoms with van der Waals surface area (Å²) in [7, 11) is 0. The highest BCUT2D eigenvalue weighted by atomic mass is 32.1. The van der Waals surface area contributed by atoms with Crippen molar-refractivity contribution in [1.29, 1.82) is 0 Å². The van der Waals surface area contributed by atoms with Crippen molar-refractivity contribution in [3.63, 3.8) is 0 Å². The van der Waals surface area contributed by atoms with Crippen LogP contribution in [0.3, 0.4) is 0 Å². The summed E-state index contributed by atoms with van der Waals surface area (Å²) >= 11 is 5.55. The lowest BCUT2D eigenvalue weighted by atomic mass is 9.69. The average molecular weight is 573 g/mol. The van der Waals surface area contributed by atoms with E-state index in [9.17, 15) is 18.4 Å². The molecule has 1 atom stereocenters. The molecular formula is C27H30F2N6O4S. The summed E-state index contributed by atoms with van der Waals surface area (Å²) in [5.41, 5.74) is 4.36. The molecule has 2 heterocycles. The number of carbonyl (C=O) groups excluding carboxylic acids is 2. The first kappa shape index (κ1) is 28.9. The Kier molecular flexibility index (Phi) is 8.33. The molecule has 0 saturated carbocycles. The second-order valence-corrected chi connectivity index (χ2v) is 10.6. The molecule has 40 heavy (non-hydrogen) atoms. The van der Waals surface area contributed by atoms with Gasteiger partial charge < -0.3 is 25.5 Å². The van der Waals surface area contributed by atoms with Crippen molar-refractivity contribution >= 4 is 40.8 Å². The number of rotatable bonds is 10. The van der Waals surface area contributed by atoms with Gasteiger partial charge in [0.15, 0.2) is 11.5 Å². The number of halogens is 2. The minimum atomic E-state index is -3.11. The quantitative estimate of drug-likeness (QED) is 0.169. The van der Waals surface area contributed by atoms with Gasteiger partial charge in [0.25, 0.3) is 5.91 Å². The molecule has 0 aliphatic heterocycles. The van der Waals surface area contributed by atoms with Crippen LogP contribution in [0.4, 0.5) is 13.6 Å². The van der Waals surface area contributed by atoms with Crippen molar-refractivity contribution in [3.05, 3.63) is 64.7 Å². The fourth-order valence-electron chi connectivity index (χ4n) is 4.67. The number of alkyl halides is 2. The van der Waals surface area contributed by atoms with E-state index in [0.29, 0.717) is 29.7 Å². The summed E-state index contributed by atoms with van der Waals surface area (Å²) in [5.74, 6) is -0.621. The number of nitrogens with two attached hydrogens (primary N) is 1. The Bertz CT molecular complexity index is 1600. The Balaban J connectivity index is 1.85. The SMILES string of the molecule is CC(C)(C)C(CCCCOC(N)=O)(NC(=O)c1ccccc1OC(F)F)c1nc2c3ccccc3[nH]c(=S)n2n1. The summed E-state index contributed by atoms with van der Waals surface area (Å²) in [5, 5.41) is 8.58. The van der Waals surface area contributed by atoms with Crippen molar-refractivity contribution in [1.82, 2.24) is 24.9 Å². The van der Waals surface area contributed by atoms with Gasteiger partial charge in [0.1, 0.15) is 11.3 Å². The van der Waals surface area contributed by atoms with Gasteiger partial charge in [0.05, 0.1) is 17.7 Å². The number of amides is 2. The number of nitrogens with zero attached hydrogens (tertiary/aromatic N) is 3. The average Bonchev–Trinajstić information content (AvgIpc) is 3.34. The lowest BCUT2D eigenvalue weighted by Crippen LogP contribution is -2.55. The first-order valence-electron chi connectivity index (χ1n) is 12.6. The minimum absolute atomic E-state index is 0.0695. The van der Waals surface area contributed by atoms with Crippen LogP contribution in [0.25, 0.3) is 16.6 Å². The van der Waals surface area contributed by atoms with Crippen LogP contribution in [0.1, 0.15) is 56.2 Å². The van der Waals surface area contributed by atoms with E-state index in [1.54, 1.807) is 6.07 Å². The molecule has 4 rings (SSSR count). The van der Waals surface area contributed by atoms with Crippen LogP contribution >= 0.6 is 12.2 Å². The number of aromatic nitrogens is 4. The molecule has 212 valence electrons. The van der Waals surface area contributed by atoms with Crippen molar-refractivity contribution in [3.8, 4) is 5.75 Å². The Hall–Kier alpha value is -4.13. The molecule has 0 fully saturated rings. The normalized spacial score (nSPS) is 13.3. The summed E-state index contributed by atoms with van der Waals surface area (Å²) < 4.78 is 37.5. The van der Waals surface area contributed by atoms with E-state index in [-0.39, 0.29) is 23.7 Å². The zero-order valence-electron chi connectivity index (χ0n) is 22.2. The van der Waals surface area contributed by atoms with Crippen LogP contribution in [0.15, 0.2) is 48.5 Å². The topological polar surface area (TPSA) is 137 Å². The maximum absolute atomic E-state index is 13.7. The number of hydrogen-bond donors (Lipinski definition) is 3. The standard InChI is InChI=1S/C27H30F2N6O4S/c1-26(2,3)27(14-8-9-15-38-24(30)37,33-21(36)17-11-5-7-13-19(17)39-23(28)29)22-32-20-16-10-4-6-12-18(16)31-25(40)35(20)34-22/h4-7,10-13,23H,8-9,14-15H2,1-3H3,(H2,30,37)(H,31,40)(H,33,36). The molecule has 4 aromatic rings. The molecule has 2 aromatic heterocycles. The van der Waals surface area contributed by atoms with E-state index in [2.05, 4.69) is 15.0 Å². The van der Waals surface area contributed by atoms with E-state index in [1.807, 2.05) is 45.0 Å². The first-order valence-corrected chi connectivity index (χ1v) is 13.0. The number of fused-ring (bicyclic) bond motifs is 3. The van der Waals surface area contributed by atoms with Gasteiger partial charge in [-0.3, -0.25) is 4.79 Å². The molecule has 0 aliphatic carbocycles. The van der Waals surface area contributed by atoms with Gasteiger partial charge in [-0.15, -0.1) is 5.10 Å². The molecule has 2 amide bonds. The van der Waals surface area contributed by atoms with Crippen LogP contribution in [0.5, 0.6) is 5.75 Å². The number of hydrogen-bond acceptors (Lipinski definition) is 7. The van der Waals surface area contributed by atoms with Crippen molar-refractivity contribution in [2.24, 2.45) is 11.1 Å². The number of carbonyl (C=O) groups is 2. The van der Waals surface area contributed by atoms with E-state index in [0.717, 1.165) is 10.9 Å². The van der Waals surface area contributed by atoms with Crippen LogP contribution in [0, 0.1) is 10.2 Å². The fraction of sp³-hybridized carbons (Fsp3) is 0.370. The largest absolute Gasteiger partial charge is 0.450 e. The minimum Gasteiger partial charge on any atom is -0.450 e. The summed E-state index contributed by atoms with van der Waals surface area (Å²) in [4.78, 5) is 32.8. The van der Waals surface area contributed by atoms with Crippen LogP contribution in [-0.2, 0) is 10.3 Å². The Morgan fingerprint density at radius 2 is 1.82 bits per heavy atom. The Morgan fingerprint density at radius 1 is 1.12 bits per heavy atom. The number of benzene rings is 2. The zero-order chi connectivity index (χ0) is 29.1. The fourth-order valence-corrected chi connectivity index (χ4v) is 4.91. The smallest absolute Gasteiger partial charge is 0.404 e. The molecular weight excluding hydrogens is 542 g/mol. The highest BCUT2D eigenvalue weighted by Gasteiger charge is 2.48. The van der Waals surface area contributed by atoms with Gasteiger partial charge in [-0.2, -0.15) is 13.3 Å². The highest BCUT2D eigenvalue weighted by Crippen LogP contribution is 2.43. The maximum Gasteiger partial charge on any atom is 0.404 e. The van der Waals surface area contributed by atoms with Crippen molar-refractivity contribution in [2.45, 2.75) is 52.2 Å². The number of H-pyrrole nitrogens is 1. The predicted octanol–water partition coefficient (Wildman–Crippen LogP) is 5.48. The van der Waals surface area contributed by atoms with Crippen molar-refractivity contribution in [2.75, 3.05) is 6.61 Å². The second kappa shape index (κ2) is 11.5. The van der Waals surface area contributed by atoms with Gasteiger partial charge in [0.2, 0.25) is 4.77 Å². The molecule has 0 aliphatic rings. The maximum atomic E-state index is 13.7. The van der Waals surface area contributed by atoms with Gasteiger partial charge in [-0.1, -0.05) is 45.0 Å². The number of unbranched alkanes of at least 4 members (excludes halogenated alkanes) is 1. The van der Waals surface area contributed by atoms with Crippen LogP contribution < -0.4 is 15.8 Å². The molecule has 0 spiro atoms. The van der Waals surface area contributed by atoms with E-state index >= 15 is 0 Å². The Labute approximate surface area is 233 Å².